The summed E-state index contributed by atoms with van der Waals surface area (Å²) in [6, 6.07) is 64.9. The summed E-state index contributed by atoms with van der Waals surface area (Å²) in [5, 5.41) is 9.36. The van der Waals surface area contributed by atoms with Crippen molar-refractivity contribution in [1.82, 2.24) is 9.97 Å². The van der Waals surface area contributed by atoms with E-state index in [4.69, 9.17) is 9.97 Å². The summed E-state index contributed by atoms with van der Waals surface area (Å²) in [4.78, 5) is 10.0. The number of nitriles is 1. The molecule has 0 aliphatic heterocycles. The van der Waals surface area contributed by atoms with Gasteiger partial charge in [-0.05, 0) is 92.0 Å². The van der Waals surface area contributed by atoms with E-state index in [-0.39, 0.29) is 5.41 Å². The number of nitrogens with zero attached hydrogens (tertiary/aromatic N) is 3. The van der Waals surface area contributed by atoms with Gasteiger partial charge in [0.15, 0.2) is 5.82 Å². The smallest absolute Gasteiger partial charge is 0.160 e. The maximum absolute atomic E-state index is 9.36. The van der Waals surface area contributed by atoms with E-state index in [2.05, 4.69) is 153 Å². The summed E-state index contributed by atoms with van der Waals surface area (Å²) in [7, 11) is 0. The van der Waals surface area contributed by atoms with E-state index in [1.165, 1.54) is 50.1 Å². The lowest BCUT2D eigenvalue weighted by atomic mass is 9.55. The van der Waals surface area contributed by atoms with E-state index in [9.17, 15) is 5.26 Å². The molecule has 1 spiro atoms. The van der Waals surface area contributed by atoms with Crippen molar-refractivity contribution in [3.8, 4) is 62.2 Å². The van der Waals surface area contributed by atoms with Gasteiger partial charge in [0.2, 0.25) is 0 Å². The summed E-state index contributed by atoms with van der Waals surface area (Å²) < 4.78 is 0. The van der Waals surface area contributed by atoms with Crippen molar-refractivity contribution in [1.29, 1.82) is 5.26 Å². The lowest BCUT2D eigenvalue weighted by Gasteiger charge is -2.46. The second-order valence-electron chi connectivity index (χ2n) is 14.9. The molecular weight excluding hydrogens is 655 g/mol. The van der Waals surface area contributed by atoms with Gasteiger partial charge in [-0.15, -0.1) is 0 Å². The number of rotatable bonds is 4. The maximum atomic E-state index is 9.36. The zero-order chi connectivity index (χ0) is 36.4. The molecule has 7 aromatic carbocycles. The first-order chi connectivity index (χ1) is 26.5. The molecule has 0 fully saturated rings. The molecule has 0 saturated heterocycles. The molecule has 1 heterocycles. The van der Waals surface area contributed by atoms with Crippen LogP contribution in [0.1, 0.15) is 52.8 Å². The Bertz CT molecular complexity index is 2740. The van der Waals surface area contributed by atoms with Gasteiger partial charge in [0, 0.05) is 22.1 Å². The van der Waals surface area contributed by atoms with Gasteiger partial charge in [-0.1, -0.05) is 153 Å². The Balaban J connectivity index is 1.11. The molecule has 54 heavy (non-hydrogen) atoms. The van der Waals surface area contributed by atoms with Gasteiger partial charge in [0.25, 0.3) is 0 Å². The van der Waals surface area contributed by atoms with E-state index < -0.39 is 5.41 Å². The molecule has 0 amide bonds. The summed E-state index contributed by atoms with van der Waals surface area (Å²) in [6.07, 6.45) is 0. The molecule has 10 rings (SSSR count). The highest BCUT2D eigenvalue weighted by atomic mass is 14.9. The average molecular weight is 690 g/mol. The zero-order valence-corrected chi connectivity index (χ0v) is 30.1. The van der Waals surface area contributed by atoms with Crippen LogP contribution in [0, 0.1) is 11.3 Å². The van der Waals surface area contributed by atoms with Crippen LogP contribution in [0.25, 0.3) is 56.2 Å². The van der Waals surface area contributed by atoms with Crippen molar-refractivity contribution in [3.05, 3.63) is 215 Å². The third-order valence-electron chi connectivity index (χ3n) is 11.6. The number of fused-ring (bicyclic) bond motifs is 9. The topological polar surface area (TPSA) is 49.6 Å². The second kappa shape index (κ2) is 12.1. The van der Waals surface area contributed by atoms with Crippen LogP contribution in [-0.2, 0) is 10.8 Å². The predicted molar refractivity (Wildman–Crippen MR) is 218 cm³/mol. The Labute approximate surface area is 315 Å². The van der Waals surface area contributed by atoms with Crippen LogP contribution in [-0.4, -0.2) is 9.97 Å². The third-order valence-corrected chi connectivity index (χ3v) is 11.6. The quantitative estimate of drug-likeness (QED) is 0.185. The summed E-state index contributed by atoms with van der Waals surface area (Å²) >= 11 is 0. The Kier molecular flexibility index (Phi) is 7.12. The Morgan fingerprint density at radius 3 is 1.52 bits per heavy atom. The molecule has 8 aromatic rings. The highest BCUT2D eigenvalue weighted by Gasteiger charge is 2.53. The van der Waals surface area contributed by atoms with Crippen molar-refractivity contribution in [3.63, 3.8) is 0 Å². The van der Waals surface area contributed by atoms with Gasteiger partial charge in [-0.25, -0.2) is 9.97 Å². The average Bonchev–Trinajstić information content (AvgIpc) is 3.53. The van der Waals surface area contributed by atoms with Gasteiger partial charge in [0.05, 0.1) is 28.4 Å². The van der Waals surface area contributed by atoms with Gasteiger partial charge in [-0.3, -0.25) is 0 Å². The van der Waals surface area contributed by atoms with Crippen LogP contribution >= 0.6 is 0 Å². The predicted octanol–water partition coefficient (Wildman–Crippen LogP) is 12.0. The highest BCUT2D eigenvalue weighted by molar-refractivity contribution is 5.90. The van der Waals surface area contributed by atoms with Crippen LogP contribution in [0.15, 0.2) is 176 Å². The Morgan fingerprint density at radius 1 is 0.407 bits per heavy atom. The number of hydrogen-bond donors (Lipinski definition) is 0. The van der Waals surface area contributed by atoms with Gasteiger partial charge in [-0.2, -0.15) is 5.26 Å². The largest absolute Gasteiger partial charge is 0.228 e. The van der Waals surface area contributed by atoms with E-state index in [1.54, 1.807) is 0 Å². The molecule has 254 valence electrons. The zero-order valence-electron chi connectivity index (χ0n) is 30.1. The highest BCUT2D eigenvalue weighted by Crippen LogP contribution is 2.62. The van der Waals surface area contributed by atoms with Crippen molar-refractivity contribution < 1.29 is 0 Å². The van der Waals surface area contributed by atoms with E-state index in [0.29, 0.717) is 11.4 Å². The number of benzene rings is 7. The molecule has 0 saturated carbocycles. The van der Waals surface area contributed by atoms with Crippen LogP contribution in [0.5, 0.6) is 0 Å². The van der Waals surface area contributed by atoms with Gasteiger partial charge >= 0.3 is 0 Å². The molecule has 0 atom stereocenters. The normalized spacial score (nSPS) is 14.0. The van der Waals surface area contributed by atoms with Crippen molar-refractivity contribution >= 4 is 0 Å². The summed E-state index contributed by atoms with van der Waals surface area (Å²) in [6.45, 7) is 4.73. The van der Waals surface area contributed by atoms with E-state index >= 15 is 0 Å². The maximum Gasteiger partial charge on any atom is 0.160 e. The molecule has 0 unspecified atom stereocenters. The van der Waals surface area contributed by atoms with Crippen molar-refractivity contribution in [2.45, 2.75) is 24.7 Å². The van der Waals surface area contributed by atoms with Crippen LogP contribution in [0.2, 0.25) is 0 Å². The lowest BCUT2D eigenvalue weighted by molar-refractivity contribution is 0.563. The molecule has 0 N–H and O–H groups in total. The second-order valence-corrected chi connectivity index (χ2v) is 14.9. The summed E-state index contributed by atoms with van der Waals surface area (Å²) in [5.74, 6) is 0.625. The SMILES string of the molecule is CC1(C)c2ccccc2C2(c3ccccc3-c3ccc(-c4ccc(-c5cc(-c6ccccc6)nc(-c6ccc(C#N)cc6)n5)cc4)cc32)c2ccccc21. The molecule has 0 radical (unpaired) electrons. The fourth-order valence-electron chi connectivity index (χ4n) is 9.05. The molecular formula is C51H35N3. The van der Waals surface area contributed by atoms with E-state index in [0.717, 1.165) is 33.6 Å². The van der Waals surface area contributed by atoms with Crippen LogP contribution in [0.4, 0.5) is 0 Å². The number of aromatic nitrogens is 2. The minimum Gasteiger partial charge on any atom is -0.228 e. The molecule has 3 heteroatoms. The first-order valence-electron chi connectivity index (χ1n) is 18.5. The fraction of sp³-hybridized carbons (Fsp3) is 0.0784. The minimum absolute atomic E-state index is 0.134. The first-order valence-corrected chi connectivity index (χ1v) is 18.5. The van der Waals surface area contributed by atoms with Crippen molar-refractivity contribution in [2.24, 2.45) is 0 Å². The first kappa shape index (κ1) is 31.8. The van der Waals surface area contributed by atoms with Gasteiger partial charge in [0.1, 0.15) is 0 Å². The van der Waals surface area contributed by atoms with E-state index in [1.807, 2.05) is 42.5 Å². The standard InChI is InChI=1S/C51H35N3/c1-50(2)42-16-8-10-18-44(42)51(45-19-11-9-17-43(45)50)41-15-7-6-14-39(41)40-29-28-38(30-46(40)51)34-24-26-36(27-25-34)48-31-47(35-12-4-3-5-13-35)53-49(54-48)37-22-20-33(32-52)21-23-37/h3-31H,1-2H3. The van der Waals surface area contributed by atoms with Crippen LogP contribution < -0.4 is 0 Å². The lowest BCUT2D eigenvalue weighted by Crippen LogP contribution is -2.40. The Morgan fingerprint density at radius 2 is 0.889 bits per heavy atom. The molecule has 1 aromatic heterocycles. The minimum atomic E-state index is -0.429. The third kappa shape index (κ3) is 4.67. The van der Waals surface area contributed by atoms with Crippen LogP contribution in [0.3, 0.4) is 0 Å². The molecule has 2 aliphatic carbocycles. The molecule has 0 bridgehead atoms. The fourth-order valence-corrected chi connectivity index (χ4v) is 9.05. The summed E-state index contributed by atoms with van der Waals surface area (Å²) in [5.41, 5.74) is 17.7. The monoisotopic (exact) mass is 689 g/mol. The van der Waals surface area contributed by atoms with Gasteiger partial charge < -0.3 is 0 Å². The molecule has 3 nitrogen and oxygen atoms in total. The molecule has 2 aliphatic rings. The Hall–Kier alpha value is -6.89. The van der Waals surface area contributed by atoms with Crippen molar-refractivity contribution in [2.75, 3.05) is 0 Å². The number of hydrogen-bond acceptors (Lipinski definition) is 3.